The first-order valence-electron chi connectivity index (χ1n) is 9.57. The summed E-state index contributed by atoms with van der Waals surface area (Å²) in [4.78, 5) is 15.1. The van der Waals surface area contributed by atoms with Gasteiger partial charge in [0.25, 0.3) is 5.91 Å². The van der Waals surface area contributed by atoms with E-state index in [1.807, 2.05) is 26.0 Å². The Bertz CT molecular complexity index is 839. The number of rotatable bonds is 7. The van der Waals surface area contributed by atoms with E-state index in [1.165, 1.54) is 11.1 Å². The van der Waals surface area contributed by atoms with E-state index in [0.29, 0.717) is 5.56 Å². The number of hydrogen-bond donors (Lipinski definition) is 1. The summed E-state index contributed by atoms with van der Waals surface area (Å²) in [6.07, 6.45) is 1.10. The minimum absolute atomic E-state index is 0.0786. The highest BCUT2D eigenvalue weighted by Gasteiger charge is 2.17. The maximum atomic E-state index is 12.7. The molecule has 1 aliphatic heterocycles. The van der Waals surface area contributed by atoms with Crippen LogP contribution in [-0.4, -0.2) is 43.7 Å². The van der Waals surface area contributed by atoms with Crippen molar-refractivity contribution in [3.05, 3.63) is 57.6 Å². The first-order chi connectivity index (χ1) is 13.5. The van der Waals surface area contributed by atoms with E-state index in [1.54, 1.807) is 19.2 Å². The molecule has 0 aromatic heterocycles. The number of hydrogen-bond acceptors (Lipinski definition) is 4. The highest BCUT2D eigenvalue weighted by molar-refractivity contribution is 9.10. The lowest BCUT2D eigenvalue weighted by Gasteiger charge is -2.28. The fourth-order valence-electron chi connectivity index (χ4n) is 3.30. The van der Waals surface area contributed by atoms with E-state index in [4.69, 9.17) is 9.47 Å². The number of anilines is 1. The van der Waals surface area contributed by atoms with Crippen LogP contribution in [0.15, 0.2) is 40.9 Å². The minimum atomic E-state index is -0.135. The third-order valence-electron chi connectivity index (χ3n) is 4.72. The van der Waals surface area contributed by atoms with Crippen LogP contribution in [0.1, 0.15) is 35.3 Å². The van der Waals surface area contributed by atoms with Crippen molar-refractivity contribution in [1.82, 2.24) is 4.90 Å². The Morgan fingerprint density at radius 2 is 2.04 bits per heavy atom. The van der Waals surface area contributed by atoms with E-state index in [2.05, 4.69) is 38.3 Å². The molecule has 3 rings (SSSR count). The van der Waals surface area contributed by atoms with Gasteiger partial charge >= 0.3 is 0 Å². The Morgan fingerprint density at radius 1 is 1.21 bits per heavy atom. The third-order valence-corrected chi connectivity index (χ3v) is 5.34. The summed E-state index contributed by atoms with van der Waals surface area (Å²) in [5.41, 5.74) is 4.02. The van der Waals surface area contributed by atoms with E-state index < -0.39 is 0 Å². The molecule has 0 unspecified atom stereocenters. The molecule has 5 nitrogen and oxygen atoms in total. The van der Waals surface area contributed by atoms with Crippen LogP contribution < -0.4 is 10.1 Å². The van der Waals surface area contributed by atoms with Crippen molar-refractivity contribution >= 4 is 27.5 Å². The Morgan fingerprint density at radius 3 is 2.75 bits per heavy atom. The van der Waals surface area contributed by atoms with Crippen molar-refractivity contribution in [3.63, 3.8) is 0 Å². The fraction of sp³-hybridized carbons (Fsp3) is 0.409. The number of benzene rings is 2. The second-order valence-corrected chi connectivity index (χ2v) is 8.12. The summed E-state index contributed by atoms with van der Waals surface area (Å²) in [6.45, 7) is 7.53. The van der Waals surface area contributed by atoms with E-state index in [-0.39, 0.29) is 12.0 Å². The third kappa shape index (κ3) is 5.34. The van der Waals surface area contributed by atoms with Crippen molar-refractivity contribution < 1.29 is 14.3 Å². The number of carbonyl (C=O) groups is 1. The molecule has 0 saturated carbocycles. The smallest absolute Gasteiger partial charge is 0.255 e. The van der Waals surface area contributed by atoms with Gasteiger partial charge in [-0.1, -0.05) is 6.07 Å². The molecule has 0 spiro atoms. The average Bonchev–Trinajstić information content (AvgIpc) is 2.67. The second-order valence-electron chi connectivity index (χ2n) is 7.27. The predicted molar refractivity (Wildman–Crippen MR) is 115 cm³/mol. The van der Waals surface area contributed by atoms with Gasteiger partial charge in [-0.25, -0.2) is 0 Å². The molecule has 0 radical (unpaired) electrons. The second kappa shape index (κ2) is 9.54. The number of ether oxygens (including phenoxy) is 2. The number of halogens is 1. The molecule has 6 heteroatoms. The molecule has 0 atom stereocenters. The molecule has 1 N–H and O–H groups in total. The number of nitrogens with one attached hydrogen (secondary N) is 1. The van der Waals surface area contributed by atoms with Crippen LogP contribution in [0.3, 0.4) is 0 Å². The maximum Gasteiger partial charge on any atom is 0.255 e. The molecule has 28 heavy (non-hydrogen) atoms. The van der Waals surface area contributed by atoms with Crippen LogP contribution in [0.5, 0.6) is 5.75 Å². The lowest BCUT2D eigenvalue weighted by Crippen LogP contribution is -2.33. The van der Waals surface area contributed by atoms with Crippen LogP contribution in [0.2, 0.25) is 0 Å². The Kier molecular flexibility index (Phi) is 7.10. The van der Waals surface area contributed by atoms with Gasteiger partial charge in [-0.2, -0.15) is 0 Å². The van der Waals surface area contributed by atoms with Gasteiger partial charge in [-0.05, 0) is 77.7 Å². The maximum absolute atomic E-state index is 12.7. The fourth-order valence-corrected chi connectivity index (χ4v) is 3.77. The van der Waals surface area contributed by atoms with Gasteiger partial charge in [0.05, 0.1) is 17.2 Å². The Labute approximate surface area is 175 Å². The summed E-state index contributed by atoms with van der Waals surface area (Å²) in [5, 5.41) is 3.01. The van der Waals surface area contributed by atoms with Gasteiger partial charge in [-0.15, -0.1) is 0 Å². The molecule has 150 valence electrons. The zero-order valence-corrected chi connectivity index (χ0v) is 18.2. The molecular formula is C22H27BrN2O3. The number of amides is 1. The van der Waals surface area contributed by atoms with E-state index in [9.17, 15) is 4.79 Å². The molecule has 2 aromatic carbocycles. The van der Waals surface area contributed by atoms with Crippen LogP contribution >= 0.6 is 15.9 Å². The molecule has 1 aliphatic rings. The highest BCUT2D eigenvalue weighted by Crippen LogP contribution is 2.28. The Balaban J connectivity index is 1.69. The molecule has 2 aromatic rings. The lowest BCUT2D eigenvalue weighted by atomic mass is 9.99. The first kappa shape index (κ1) is 20.8. The molecule has 0 bridgehead atoms. The summed E-state index contributed by atoms with van der Waals surface area (Å²) >= 11 is 3.49. The van der Waals surface area contributed by atoms with Crippen molar-refractivity contribution in [3.8, 4) is 5.75 Å². The van der Waals surface area contributed by atoms with Gasteiger partial charge in [0.1, 0.15) is 5.75 Å². The van der Waals surface area contributed by atoms with Crippen LogP contribution in [0.4, 0.5) is 5.69 Å². The number of methoxy groups -OCH3 is 1. The standard InChI is InChI=1S/C22H27BrN2O3/c1-15(2)28-21-7-5-17(13-20(21)23)22(26)24-19-6-4-16-8-9-25(10-11-27-3)14-18(16)12-19/h4-7,12-13,15H,8-11,14H2,1-3H3,(H,24,26). The topological polar surface area (TPSA) is 50.8 Å². The van der Waals surface area contributed by atoms with E-state index >= 15 is 0 Å². The van der Waals surface area contributed by atoms with Crippen molar-refractivity contribution in [2.24, 2.45) is 0 Å². The van der Waals surface area contributed by atoms with Crippen molar-refractivity contribution in [2.75, 3.05) is 32.1 Å². The van der Waals surface area contributed by atoms with Crippen LogP contribution in [0.25, 0.3) is 0 Å². The molecule has 0 aliphatic carbocycles. The van der Waals surface area contributed by atoms with Gasteiger partial charge in [-0.3, -0.25) is 9.69 Å². The van der Waals surface area contributed by atoms with Gasteiger partial charge in [0.2, 0.25) is 0 Å². The van der Waals surface area contributed by atoms with Crippen molar-refractivity contribution in [2.45, 2.75) is 32.9 Å². The normalized spacial score (nSPS) is 14.0. The zero-order chi connectivity index (χ0) is 20.1. The SMILES string of the molecule is COCCN1CCc2ccc(NC(=O)c3ccc(OC(C)C)c(Br)c3)cc2C1. The summed E-state index contributed by atoms with van der Waals surface area (Å²) < 4.78 is 11.7. The molecule has 1 amide bonds. The van der Waals surface area contributed by atoms with Crippen LogP contribution in [-0.2, 0) is 17.7 Å². The Hall–Kier alpha value is -1.89. The lowest BCUT2D eigenvalue weighted by molar-refractivity contribution is 0.102. The minimum Gasteiger partial charge on any atom is -0.490 e. The zero-order valence-electron chi connectivity index (χ0n) is 16.6. The number of fused-ring (bicyclic) bond motifs is 1. The first-order valence-corrected chi connectivity index (χ1v) is 10.4. The summed E-state index contributed by atoms with van der Waals surface area (Å²) in [5.74, 6) is 0.597. The molecule has 1 heterocycles. The number of nitrogens with zero attached hydrogens (tertiary/aromatic N) is 1. The highest BCUT2D eigenvalue weighted by atomic mass is 79.9. The quantitative estimate of drug-likeness (QED) is 0.680. The molecular weight excluding hydrogens is 420 g/mol. The number of carbonyl (C=O) groups excluding carboxylic acids is 1. The predicted octanol–water partition coefficient (Wildman–Crippen LogP) is 4.49. The summed E-state index contributed by atoms with van der Waals surface area (Å²) in [7, 11) is 1.73. The van der Waals surface area contributed by atoms with Gasteiger partial charge < -0.3 is 14.8 Å². The molecule has 0 saturated heterocycles. The largest absolute Gasteiger partial charge is 0.490 e. The monoisotopic (exact) mass is 446 g/mol. The van der Waals surface area contributed by atoms with Crippen molar-refractivity contribution in [1.29, 1.82) is 0 Å². The average molecular weight is 447 g/mol. The van der Waals surface area contributed by atoms with E-state index in [0.717, 1.165) is 48.6 Å². The van der Waals surface area contributed by atoms with Gasteiger partial charge in [0.15, 0.2) is 0 Å². The summed E-state index contributed by atoms with van der Waals surface area (Å²) in [6, 6.07) is 11.6. The van der Waals surface area contributed by atoms with Gasteiger partial charge in [0, 0.05) is 38.0 Å². The van der Waals surface area contributed by atoms with Crippen LogP contribution in [0, 0.1) is 0 Å². The molecule has 0 fully saturated rings.